The molecule has 0 aliphatic rings. The highest BCUT2D eigenvalue weighted by Crippen LogP contribution is 2.22. The van der Waals surface area contributed by atoms with Crippen LogP contribution < -0.4 is 5.32 Å². The number of imidazole rings is 1. The lowest BCUT2D eigenvalue weighted by Crippen LogP contribution is -2.24. The number of aromatic nitrogens is 2. The first-order valence-corrected chi connectivity index (χ1v) is 6.52. The first kappa shape index (κ1) is 14.1. The fourth-order valence-corrected chi connectivity index (χ4v) is 1.98. The van der Waals surface area contributed by atoms with E-state index in [2.05, 4.69) is 16.9 Å². The molecule has 20 heavy (non-hydrogen) atoms. The van der Waals surface area contributed by atoms with Crippen LogP contribution in [0.4, 0.5) is 0 Å². The van der Waals surface area contributed by atoms with Gasteiger partial charge < -0.3 is 9.88 Å². The minimum absolute atomic E-state index is 0.146. The van der Waals surface area contributed by atoms with Gasteiger partial charge in [0.1, 0.15) is 5.82 Å². The quantitative estimate of drug-likeness (QED) is 0.867. The van der Waals surface area contributed by atoms with Crippen molar-refractivity contribution in [3.05, 3.63) is 54.0 Å². The number of nitrogens with one attached hydrogen (secondary N) is 1. The standard InChI is InChI=1S/C16H19N3O/c1-11(2)16(20)17-10-14-18-15(12(3)19(14)4)13-8-6-5-7-9-13/h5-9H,1,10H2,2-4H3,(H,17,20). The first-order chi connectivity index (χ1) is 9.50. The predicted octanol–water partition coefficient (Wildman–Crippen LogP) is 2.59. The SMILES string of the molecule is C=C(C)C(=O)NCc1nc(-c2ccccc2)c(C)n1C. The van der Waals surface area contributed by atoms with E-state index in [0.29, 0.717) is 12.1 Å². The van der Waals surface area contributed by atoms with Gasteiger partial charge in [-0.15, -0.1) is 0 Å². The van der Waals surface area contributed by atoms with Crippen molar-refractivity contribution in [3.8, 4) is 11.3 Å². The summed E-state index contributed by atoms with van der Waals surface area (Å²) >= 11 is 0. The fourth-order valence-electron chi connectivity index (χ4n) is 1.98. The predicted molar refractivity (Wildman–Crippen MR) is 80.0 cm³/mol. The van der Waals surface area contributed by atoms with E-state index < -0.39 is 0 Å². The minimum Gasteiger partial charge on any atom is -0.345 e. The van der Waals surface area contributed by atoms with Crippen LogP contribution in [0.25, 0.3) is 11.3 Å². The number of rotatable bonds is 4. The van der Waals surface area contributed by atoms with Crippen LogP contribution in [0.5, 0.6) is 0 Å². The lowest BCUT2D eigenvalue weighted by atomic mass is 10.1. The van der Waals surface area contributed by atoms with Crippen LogP contribution >= 0.6 is 0 Å². The maximum absolute atomic E-state index is 11.5. The Bertz CT molecular complexity index is 641. The molecule has 4 heteroatoms. The van der Waals surface area contributed by atoms with Crippen molar-refractivity contribution in [1.29, 1.82) is 0 Å². The Labute approximate surface area is 119 Å². The van der Waals surface area contributed by atoms with Gasteiger partial charge in [-0.25, -0.2) is 4.98 Å². The van der Waals surface area contributed by atoms with Crippen LogP contribution in [0, 0.1) is 6.92 Å². The number of benzene rings is 1. The zero-order valence-electron chi connectivity index (χ0n) is 12.1. The molecule has 0 aliphatic heterocycles. The average molecular weight is 269 g/mol. The molecule has 0 saturated carbocycles. The summed E-state index contributed by atoms with van der Waals surface area (Å²) in [6.07, 6.45) is 0. The van der Waals surface area contributed by atoms with Gasteiger partial charge in [-0.2, -0.15) is 0 Å². The molecule has 0 atom stereocenters. The van der Waals surface area contributed by atoms with Crippen LogP contribution in [-0.4, -0.2) is 15.5 Å². The third-order valence-electron chi connectivity index (χ3n) is 3.32. The molecule has 0 fully saturated rings. The number of carbonyl (C=O) groups is 1. The highest BCUT2D eigenvalue weighted by molar-refractivity contribution is 5.91. The van der Waals surface area contributed by atoms with Gasteiger partial charge in [-0.3, -0.25) is 4.79 Å². The van der Waals surface area contributed by atoms with E-state index in [1.54, 1.807) is 6.92 Å². The largest absolute Gasteiger partial charge is 0.345 e. The van der Waals surface area contributed by atoms with Gasteiger partial charge in [-0.05, 0) is 13.8 Å². The van der Waals surface area contributed by atoms with Crippen LogP contribution in [0.1, 0.15) is 18.4 Å². The molecule has 0 saturated heterocycles. The zero-order chi connectivity index (χ0) is 14.7. The van der Waals surface area contributed by atoms with E-state index in [0.717, 1.165) is 22.8 Å². The summed E-state index contributed by atoms with van der Waals surface area (Å²) < 4.78 is 2.00. The van der Waals surface area contributed by atoms with Crippen LogP contribution in [-0.2, 0) is 18.4 Å². The fraction of sp³-hybridized carbons (Fsp3) is 0.250. The number of amides is 1. The molecule has 0 bridgehead atoms. The summed E-state index contributed by atoms with van der Waals surface area (Å²) in [6, 6.07) is 10.0. The Balaban J connectivity index is 2.25. The Morgan fingerprint density at radius 1 is 1.35 bits per heavy atom. The van der Waals surface area contributed by atoms with Crippen molar-refractivity contribution in [2.75, 3.05) is 0 Å². The van der Waals surface area contributed by atoms with Gasteiger partial charge >= 0.3 is 0 Å². The highest BCUT2D eigenvalue weighted by Gasteiger charge is 2.13. The lowest BCUT2D eigenvalue weighted by molar-refractivity contribution is -0.117. The number of hydrogen-bond acceptors (Lipinski definition) is 2. The van der Waals surface area contributed by atoms with Crippen molar-refractivity contribution >= 4 is 5.91 Å². The molecule has 2 rings (SSSR count). The monoisotopic (exact) mass is 269 g/mol. The highest BCUT2D eigenvalue weighted by atomic mass is 16.1. The Morgan fingerprint density at radius 2 is 2.00 bits per heavy atom. The van der Waals surface area contributed by atoms with E-state index in [4.69, 9.17) is 0 Å². The van der Waals surface area contributed by atoms with E-state index in [-0.39, 0.29) is 5.91 Å². The molecule has 1 amide bonds. The molecule has 0 radical (unpaired) electrons. The summed E-state index contributed by atoms with van der Waals surface area (Å²) in [5.41, 5.74) is 3.61. The topological polar surface area (TPSA) is 46.9 Å². The van der Waals surface area contributed by atoms with E-state index in [1.807, 2.05) is 48.9 Å². The molecule has 1 N–H and O–H groups in total. The summed E-state index contributed by atoms with van der Waals surface area (Å²) in [7, 11) is 1.96. The van der Waals surface area contributed by atoms with E-state index >= 15 is 0 Å². The van der Waals surface area contributed by atoms with Crippen molar-refractivity contribution < 1.29 is 4.79 Å². The van der Waals surface area contributed by atoms with Gasteiger partial charge in [-0.1, -0.05) is 36.9 Å². The Kier molecular flexibility index (Phi) is 4.03. The second-order valence-corrected chi connectivity index (χ2v) is 4.85. The van der Waals surface area contributed by atoms with Crippen molar-refractivity contribution in [1.82, 2.24) is 14.9 Å². The number of carbonyl (C=O) groups excluding carboxylic acids is 1. The smallest absolute Gasteiger partial charge is 0.246 e. The number of hydrogen-bond donors (Lipinski definition) is 1. The van der Waals surface area contributed by atoms with Crippen molar-refractivity contribution in [2.45, 2.75) is 20.4 Å². The third kappa shape index (κ3) is 2.79. The molecule has 0 spiro atoms. The Morgan fingerprint density at radius 3 is 2.60 bits per heavy atom. The maximum atomic E-state index is 11.5. The molecule has 4 nitrogen and oxygen atoms in total. The second-order valence-electron chi connectivity index (χ2n) is 4.85. The lowest BCUT2D eigenvalue weighted by Gasteiger charge is -2.05. The first-order valence-electron chi connectivity index (χ1n) is 6.52. The molecule has 1 aromatic heterocycles. The number of nitrogens with zero attached hydrogens (tertiary/aromatic N) is 2. The van der Waals surface area contributed by atoms with Crippen LogP contribution in [0.3, 0.4) is 0 Å². The molecule has 1 aromatic carbocycles. The normalized spacial score (nSPS) is 10.3. The summed E-state index contributed by atoms with van der Waals surface area (Å²) in [6.45, 7) is 7.74. The minimum atomic E-state index is -0.146. The van der Waals surface area contributed by atoms with Crippen molar-refractivity contribution in [2.24, 2.45) is 7.05 Å². The van der Waals surface area contributed by atoms with Gasteiger partial charge in [0.05, 0.1) is 12.2 Å². The second kappa shape index (κ2) is 5.74. The molecule has 104 valence electrons. The molecule has 1 heterocycles. The zero-order valence-corrected chi connectivity index (χ0v) is 12.1. The molecule has 0 aliphatic carbocycles. The summed E-state index contributed by atoms with van der Waals surface area (Å²) in [5, 5.41) is 2.81. The summed E-state index contributed by atoms with van der Waals surface area (Å²) in [4.78, 5) is 16.2. The van der Waals surface area contributed by atoms with Gasteiger partial charge in [0.2, 0.25) is 5.91 Å². The molecular formula is C16H19N3O. The van der Waals surface area contributed by atoms with Crippen molar-refractivity contribution in [3.63, 3.8) is 0 Å². The van der Waals surface area contributed by atoms with E-state index in [9.17, 15) is 4.79 Å². The summed E-state index contributed by atoms with van der Waals surface area (Å²) in [5.74, 6) is 0.683. The van der Waals surface area contributed by atoms with Gasteiger partial charge in [0.15, 0.2) is 0 Å². The molecular weight excluding hydrogens is 250 g/mol. The maximum Gasteiger partial charge on any atom is 0.246 e. The van der Waals surface area contributed by atoms with Gasteiger partial charge in [0.25, 0.3) is 0 Å². The van der Waals surface area contributed by atoms with Crippen LogP contribution in [0.15, 0.2) is 42.5 Å². The Hall–Kier alpha value is -2.36. The third-order valence-corrected chi connectivity index (χ3v) is 3.32. The average Bonchev–Trinajstić information content (AvgIpc) is 2.73. The molecule has 2 aromatic rings. The van der Waals surface area contributed by atoms with E-state index in [1.165, 1.54) is 0 Å². The molecule has 0 unspecified atom stereocenters. The van der Waals surface area contributed by atoms with Gasteiger partial charge in [0, 0.05) is 23.9 Å². The van der Waals surface area contributed by atoms with Crippen LogP contribution in [0.2, 0.25) is 0 Å².